The molecule has 41 heavy (non-hydrogen) atoms. The highest BCUT2D eigenvalue weighted by Crippen LogP contribution is 2.42. The number of fused-ring (bicyclic) bond motifs is 3. The molecule has 0 aliphatic carbocycles. The first-order valence-corrected chi connectivity index (χ1v) is 14.1. The van der Waals surface area contributed by atoms with Gasteiger partial charge in [0.1, 0.15) is 11.5 Å². The highest BCUT2D eigenvalue weighted by molar-refractivity contribution is 8.00. The number of anilines is 1. The van der Waals surface area contributed by atoms with Gasteiger partial charge in [-0.05, 0) is 55.5 Å². The highest BCUT2D eigenvalue weighted by Gasteiger charge is 2.43. The number of aromatic nitrogens is 4. The number of aryl methyl sites for hydroxylation is 1. The van der Waals surface area contributed by atoms with Crippen molar-refractivity contribution < 1.29 is 22.8 Å². The number of nitrogens with zero attached hydrogens (tertiary/aromatic N) is 6. The predicted molar refractivity (Wildman–Crippen MR) is 148 cm³/mol. The standard InChI is InChI=1S/C27H31F3N8O2S/c1-35(2)24(39)16-37-18-9-11-19(21(37)12-10-18)33-23-8-4-7-22-25(41-27(28,29)30)20(34-38(22)23)6-5-13-31-26(40)17-14-32-36(3)15-17/h4,7-8,14-15,18-19,21,33H,9-13,16H2,1-3H3,(H,31,40)/t18-,19-,21-/m1/s1. The van der Waals surface area contributed by atoms with Crippen molar-refractivity contribution >= 4 is 34.9 Å². The number of piperidine rings is 1. The summed E-state index contributed by atoms with van der Waals surface area (Å²) in [4.78, 5) is 28.4. The van der Waals surface area contributed by atoms with E-state index in [1.807, 2.05) is 0 Å². The van der Waals surface area contributed by atoms with Crippen LogP contribution in [-0.4, -0.2) is 91.8 Å². The molecule has 0 saturated carbocycles. The number of alkyl halides is 3. The van der Waals surface area contributed by atoms with Crippen LogP contribution in [0.3, 0.4) is 0 Å². The number of likely N-dealkylation sites (N-methyl/N-ethyl adjacent to an activating group) is 1. The second-order valence-electron chi connectivity index (χ2n) is 10.4. The Kier molecular flexibility index (Phi) is 8.19. The summed E-state index contributed by atoms with van der Waals surface area (Å²) >= 11 is -0.258. The average molecular weight is 589 g/mol. The Bertz CT molecular complexity index is 1510. The molecule has 5 rings (SSSR count). The molecule has 218 valence electrons. The number of nitrogens with one attached hydrogen (secondary N) is 2. The number of thioether (sulfide) groups is 1. The lowest BCUT2D eigenvalue weighted by Crippen LogP contribution is -2.53. The topological polar surface area (TPSA) is 99.8 Å². The van der Waals surface area contributed by atoms with Gasteiger partial charge in [-0.15, -0.1) is 0 Å². The minimum Gasteiger partial charge on any atom is -0.366 e. The first-order valence-electron chi connectivity index (χ1n) is 13.3. The second-order valence-corrected chi connectivity index (χ2v) is 11.5. The fraction of sp³-hybridized carbons (Fsp3) is 0.481. The molecule has 3 atom stereocenters. The Morgan fingerprint density at radius 2 is 1.98 bits per heavy atom. The number of amides is 2. The third-order valence-electron chi connectivity index (χ3n) is 7.46. The third kappa shape index (κ3) is 6.46. The fourth-order valence-corrected chi connectivity index (χ4v) is 6.20. The van der Waals surface area contributed by atoms with Gasteiger partial charge in [0.15, 0.2) is 0 Å². The zero-order valence-electron chi connectivity index (χ0n) is 22.9. The van der Waals surface area contributed by atoms with Crippen molar-refractivity contribution in [3.63, 3.8) is 0 Å². The number of hydrogen-bond acceptors (Lipinski definition) is 7. The molecule has 3 aromatic rings. The summed E-state index contributed by atoms with van der Waals surface area (Å²) in [6.45, 7) is 0.269. The molecule has 0 radical (unpaired) electrons. The highest BCUT2D eigenvalue weighted by atomic mass is 32.2. The number of carbonyl (C=O) groups excluding carboxylic acids is 2. The van der Waals surface area contributed by atoms with Gasteiger partial charge in [-0.2, -0.15) is 23.4 Å². The van der Waals surface area contributed by atoms with Crippen molar-refractivity contribution in [1.82, 2.24) is 34.5 Å². The van der Waals surface area contributed by atoms with E-state index in [-0.39, 0.29) is 58.3 Å². The van der Waals surface area contributed by atoms with Gasteiger partial charge in [0.2, 0.25) is 5.91 Å². The summed E-state index contributed by atoms with van der Waals surface area (Å²) in [7, 11) is 5.17. The minimum atomic E-state index is -4.54. The summed E-state index contributed by atoms with van der Waals surface area (Å²) in [6, 6.07) is 5.56. The number of hydrogen-bond donors (Lipinski definition) is 2. The maximum atomic E-state index is 13.6. The van der Waals surface area contributed by atoms with Crippen LogP contribution in [0.1, 0.15) is 41.7 Å². The van der Waals surface area contributed by atoms with E-state index in [2.05, 4.69) is 37.6 Å². The van der Waals surface area contributed by atoms with E-state index in [1.54, 1.807) is 50.4 Å². The molecule has 10 nitrogen and oxygen atoms in total. The largest absolute Gasteiger partial charge is 0.446 e. The van der Waals surface area contributed by atoms with E-state index in [9.17, 15) is 22.8 Å². The first kappa shape index (κ1) is 28.8. The SMILES string of the molecule is CN(C)C(=O)CN1[C@H]2CC[C@@H]1[C@H](Nc1cccc3c(SC(F)(F)F)c(C#CCNC(=O)c4cnn(C)c4)nn13)CC2. The van der Waals surface area contributed by atoms with Crippen molar-refractivity contribution in [2.45, 2.75) is 54.2 Å². The van der Waals surface area contributed by atoms with Crippen LogP contribution in [0.2, 0.25) is 0 Å². The summed E-state index contributed by atoms with van der Waals surface area (Å²) in [6.07, 6.45) is 6.73. The van der Waals surface area contributed by atoms with Gasteiger partial charge in [-0.3, -0.25) is 19.2 Å². The average Bonchev–Trinajstić information content (AvgIpc) is 3.57. The van der Waals surface area contributed by atoms with Gasteiger partial charge >= 0.3 is 5.51 Å². The Hall–Kier alpha value is -3.70. The van der Waals surface area contributed by atoms with Crippen molar-refractivity contribution in [3.8, 4) is 11.8 Å². The maximum absolute atomic E-state index is 13.6. The molecule has 2 fully saturated rings. The number of halogens is 3. The van der Waals surface area contributed by atoms with Gasteiger partial charge in [-0.25, -0.2) is 4.52 Å². The molecule has 5 heterocycles. The molecule has 0 unspecified atom stereocenters. The van der Waals surface area contributed by atoms with Gasteiger partial charge in [0.05, 0.1) is 35.3 Å². The Morgan fingerprint density at radius 3 is 2.68 bits per heavy atom. The molecule has 2 aliphatic rings. The molecule has 2 N–H and O–H groups in total. The smallest absolute Gasteiger partial charge is 0.366 e. The predicted octanol–water partition coefficient (Wildman–Crippen LogP) is 2.96. The Balaban J connectivity index is 1.38. The fourth-order valence-electron chi connectivity index (χ4n) is 5.52. The number of rotatable bonds is 7. The molecule has 3 aromatic heterocycles. The Labute approximate surface area is 239 Å². The van der Waals surface area contributed by atoms with Crippen LogP contribution in [-0.2, 0) is 11.8 Å². The van der Waals surface area contributed by atoms with Crippen LogP contribution in [0.15, 0.2) is 35.5 Å². The maximum Gasteiger partial charge on any atom is 0.446 e. The normalized spacial score (nSPS) is 20.5. The van der Waals surface area contributed by atoms with E-state index >= 15 is 0 Å². The monoisotopic (exact) mass is 588 g/mol. The van der Waals surface area contributed by atoms with E-state index in [0.29, 0.717) is 24.0 Å². The molecular formula is C27H31F3N8O2S. The van der Waals surface area contributed by atoms with Gasteiger partial charge < -0.3 is 15.5 Å². The van der Waals surface area contributed by atoms with Crippen LogP contribution >= 0.6 is 11.8 Å². The zero-order chi connectivity index (χ0) is 29.3. The summed E-state index contributed by atoms with van der Waals surface area (Å²) in [5.74, 6) is 5.65. The lowest BCUT2D eigenvalue weighted by atomic mass is 9.97. The van der Waals surface area contributed by atoms with Crippen LogP contribution in [0, 0.1) is 11.8 Å². The van der Waals surface area contributed by atoms with Crippen LogP contribution in [0.4, 0.5) is 19.0 Å². The van der Waals surface area contributed by atoms with E-state index in [4.69, 9.17) is 0 Å². The lowest BCUT2D eigenvalue weighted by Gasteiger charge is -2.40. The zero-order valence-corrected chi connectivity index (χ0v) is 23.7. The summed E-state index contributed by atoms with van der Waals surface area (Å²) in [5, 5.41) is 14.5. The second kappa shape index (κ2) is 11.7. The number of carbonyl (C=O) groups is 2. The van der Waals surface area contributed by atoms with E-state index in [1.165, 1.54) is 15.4 Å². The van der Waals surface area contributed by atoms with Gasteiger partial charge in [0, 0.05) is 45.5 Å². The Morgan fingerprint density at radius 1 is 1.20 bits per heavy atom. The minimum absolute atomic E-state index is 0.00875. The quantitative estimate of drug-likeness (QED) is 0.324. The molecular weight excluding hydrogens is 557 g/mol. The van der Waals surface area contributed by atoms with Crippen molar-refractivity contribution in [3.05, 3.63) is 41.9 Å². The lowest BCUT2D eigenvalue weighted by molar-refractivity contribution is -0.131. The molecule has 2 aliphatic heterocycles. The molecule has 2 amide bonds. The van der Waals surface area contributed by atoms with Crippen LogP contribution in [0.5, 0.6) is 0 Å². The number of pyridine rings is 1. The van der Waals surface area contributed by atoms with E-state index < -0.39 is 5.51 Å². The summed E-state index contributed by atoms with van der Waals surface area (Å²) in [5.41, 5.74) is -3.94. The molecule has 2 saturated heterocycles. The molecule has 14 heteroatoms. The third-order valence-corrected chi connectivity index (χ3v) is 8.30. The van der Waals surface area contributed by atoms with E-state index in [0.717, 1.165) is 25.7 Å². The first-order chi connectivity index (χ1) is 19.5. The molecule has 0 spiro atoms. The molecule has 0 aromatic carbocycles. The van der Waals surface area contributed by atoms with Crippen molar-refractivity contribution in [1.29, 1.82) is 0 Å². The van der Waals surface area contributed by atoms with Crippen LogP contribution < -0.4 is 10.6 Å². The summed E-state index contributed by atoms with van der Waals surface area (Å²) < 4.78 is 43.6. The molecule has 2 bridgehead atoms. The van der Waals surface area contributed by atoms with Gasteiger partial charge in [0.25, 0.3) is 5.91 Å². The van der Waals surface area contributed by atoms with Gasteiger partial charge in [-0.1, -0.05) is 12.0 Å². The van der Waals surface area contributed by atoms with Crippen molar-refractivity contribution in [2.24, 2.45) is 7.05 Å². The van der Waals surface area contributed by atoms with Crippen molar-refractivity contribution in [2.75, 3.05) is 32.5 Å². The van der Waals surface area contributed by atoms with Crippen LogP contribution in [0.25, 0.3) is 5.52 Å².